The van der Waals surface area contributed by atoms with Gasteiger partial charge < -0.3 is 14.6 Å². The summed E-state index contributed by atoms with van der Waals surface area (Å²) in [6, 6.07) is 10.8. The summed E-state index contributed by atoms with van der Waals surface area (Å²) < 4.78 is 10.5. The first-order chi connectivity index (χ1) is 11.7. The Kier molecular flexibility index (Phi) is 4.90. The van der Waals surface area contributed by atoms with Crippen LogP contribution in [0.5, 0.6) is 5.75 Å². The molecular formula is C17H17N3O3S. The van der Waals surface area contributed by atoms with Gasteiger partial charge in [-0.1, -0.05) is 29.4 Å². The maximum atomic E-state index is 12.4. The van der Waals surface area contributed by atoms with E-state index in [-0.39, 0.29) is 5.91 Å². The van der Waals surface area contributed by atoms with Crippen LogP contribution in [0.2, 0.25) is 0 Å². The van der Waals surface area contributed by atoms with Crippen molar-refractivity contribution in [3.05, 3.63) is 63.9 Å². The summed E-state index contributed by atoms with van der Waals surface area (Å²) in [4.78, 5) is 17.7. The Morgan fingerprint density at radius 3 is 2.83 bits per heavy atom. The van der Waals surface area contributed by atoms with Crippen molar-refractivity contribution in [2.45, 2.75) is 19.4 Å². The Labute approximate surface area is 143 Å². The Morgan fingerprint density at radius 2 is 2.17 bits per heavy atom. The number of carbonyl (C=O) groups is 1. The van der Waals surface area contributed by atoms with Crippen LogP contribution in [0.1, 0.15) is 28.2 Å². The average molecular weight is 343 g/mol. The van der Waals surface area contributed by atoms with E-state index >= 15 is 0 Å². The summed E-state index contributed by atoms with van der Waals surface area (Å²) in [6.07, 6.45) is 0.306. The zero-order chi connectivity index (χ0) is 16.9. The predicted octanol–water partition coefficient (Wildman–Crippen LogP) is 2.90. The molecule has 0 unspecified atom stereocenters. The molecule has 24 heavy (non-hydrogen) atoms. The lowest BCUT2D eigenvalue weighted by Crippen LogP contribution is -2.31. The summed E-state index contributed by atoms with van der Waals surface area (Å²) in [7, 11) is 1.59. The fourth-order valence-corrected chi connectivity index (χ4v) is 3.11. The minimum absolute atomic E-state index is 0.115. The fourth-order valence-electron chi connectivity index (χ4n) is 2.40. The van der Waals surface area contributed by atoms with E-state index in [1.54, 1.807) is 25.4 Å². The van der Waals surface area contributed by atoms with Crippen molar-refractivity contribution >= 4 is 17.2 Å². The first kappa shape index (κ1) is 16.2. The molecule has 2 heterocycles. The van der Waals surface area contributed by atoms with E-state index in [0.717, 1.165) is 10.4 Å². The predicted molar refractivity (Wildman–Crippen MR) is 90.0 cm³/mol. The molecule has 2 aromatic heterocycles. The van der Waals surface area contributed by atoms with E-state index in [1.165, 1.54) is 0 Å². The summed E-state index contributed by atoms with van der Waals surface area (Å²) >= 11 is 1.55. The van der Waals surface area contributed by atoms with Gasteiger partial charge in [0.2, 0.25) is 11.8 Å². The standard InChI is InChI=1S/C17H17N3O3S/c1-11-18-17(20-23-11)16(13-7-3-4-8-14(13)22-2)19-15(21)10-12-6-5-9-24-12/h3-9,16H,10H2,1-2H3,(H,19,21)/t16-/m1/s1. The van der Waals surface area contributed by atoms with Crippen molar-refractivity contribution in [2.24, 2.45) is 0 Å². The van der Waals surface area contributed by atoms with E-state index in [0.29, 0.717) is 23.9 Å². The number of para-hydroxylation sites is 1. The number of nitrogens with one attached hydrogen (secondary N) is 1. The lowest BCUT2D eigenvalue weighted by atomic mass is 10.0. The smallest absolute Gasteiger partial charge is 0.226 e. The molecule has 0 aliphatic heterocycles. The average Bonchev–Trinajstić information content (AvgIpc) is 3.24. The van der Waals surface area contributed by atoms with Crippen LogP contribution in [-0.4, -0.2) is 23.2 Å². The van der Waals surface area contributed by atoms with Crippen LogP contribution in [0.25, 0.3) is 0 Å². The summed E-state index contributed by atoms with van der Waals surface area (Å²) in [5.74, 6) is 1.38. The minimum atomic E-state index is -0.536. The Balaban J connectivity index is 1.89. The molecule has 3 aromatic rings. The van der Waals surface area contributed by atoms with Gasteiger partial charge in [-0.15, -0.1) is 11.3 Å². The molecule has 6 nitrogen and oxygen atoms in total. The zero-order valence-corrected chi connectivity index (χ0v) is 14.2. The molecule has 3 rings (SSSR count). The maximum absolute atomic E-state index is 12.4. The number of nitrogens with zero attached hydrogens (tertiary/aromatic N) is 2. The van der Waals surface area contributed by atoms with Crippen LogP contribution in [0.3, 0.4) is 0 Å². The van der Waals surface area contributed by atoms with E-state index in [1.807, 2.05) is 41.8 Å². The number of methoxy groups -OCH3 is 1. The zero-order valence-electron chi connectivity index (χ0n) is 13.4. The van der Waals surface area contributed by atoms with Crippen LogP contribution < -0.4 is 10.1 Å². The van der Waals surface area contributed by atoms with E-state index in [9.17, 15) is 4.79 Å². The molecule has 0 radical (unpaired) electrons. The second-order valence-corrected chi connectivity index (χ2v) is 6.20. The van der Waals surface area contributed by atoms with Gasteiger partial charge >= 0.3 is 0 Å². The monoisotopic (exact) mass is 343 g/mol. The first-order valence-electron chi connectivity index (χ1n) is 7.42. The normalized spacial score (nSPS) is 11.9. The summed E-state index contributed by atoms with van der Waals surface area (Å²) in [5, 5.41) is 8.89. The molecule has 7 heteroatoms. The third kappa shape index (κ3) is 3.62. The highest BCUT2D eigenvalue weighted by Gasteiger charge is 2.25. The van der Waals surface area contributed by atoms with Gasteiger partial charge in [0.25, 0.3) is 0 Å². The van der Waals surface area contributed by atoms with Crippen molar-refractivity contribution in [3.8, 4) is 5.75 Å². The number of ether oxygens (including phenoxy) is 1. The molecule has 0 aliphatic carbocycles. The Hall–Kier alpha value is -2.67. The van der Waals surface area contributed by atoms with E-state index in [4.69, 9.17) is 9.26 Å². The van der Waals surface area contributed by atoms with E-state index in [2.05, 4.69) is 15.5 Å². The van der Waals surface area contributed by atoms with Crippen LogP contribution in [0.15, 0.2) is 46.3 Å². The van der Waals surface area contributed by atoms with Crippen molar-refractivity contribution < 1.29 is 14.1 Å². The molecule has 1 aromatic carbocycles. The van der Waals surface area contributed by atoms with Crippen LogP contribution in [0, 0.1) is 6.92 Å². The van der Waals surface area contributed by atoms with Gasteiger partial charge in [0.1, 0.15) is 11.8 Å². The SMILES string of the molecule is COc1ccccc1[C@@H](NC(=O)Cc1cccs1)c1noc(C)n1. The topological polar surface area (TPSA) is 77.2 Å². The van der Waals surface area contributed by atoms with Crippen molar-refractivity contribution in [1.29, 1.82) is 0 Å². The van der Waals surface area contributed by atoms with Crippen molar-refractivity contribution in [2.75, 3.05) is 7.11 Å². The molecule has 1 atom stereocenters. The number of amides is 1. The highest BCUT2D eigenvalue weighted by Crippen LogP contribution is 2.28. The second kappa shape index (κ2) is 7.27. The molecule has 124 valence electrons. The number of hydrogen-bond donors (Lipinski definition) is 1. The van der Waals surface area contributed by atoms with Crippen molar-refractivity contribution in [3.63, 3.8) is 0 Å². The number of rotatable bonds is 6. The lowest BCUT2D eigenvalue weighted by molar-refractivity contribution is -0.120. The number of benzene rings is 1. The lowest BCUT2D eigenvalue weighted by Gasteiger charge is -2.18. The number of aromatic nitrogens is 2. The molecule has 0 saturated heterocycles. The van der Waals surface area contributed by atoms with Crippen LogP contribution >= 0.6 is 11.3 Å². The maximum Gasteiger partial charge on any atom is 0.226 e. The molecule has 0 bridgehead atoms. The quantitative estimate of drug-likeness (QED) is 0.745. The third-order valence-electron chi connectivity index (χ3n) is 3.47. The number of thiophene rings is 1. The molecular weight excluding hydrogens is 326 g/mol. The fraction of sp³-hybridized carbons (Fsp3) is 0.235. The highest BCUT2D eigenvalue weighted by molar-refractivity contribution is 7.10. The second-order valence-electron chi connectivity index (χ2n) is 5.17. The van der Waals surface area contributed by atoms with E-state index < -0.39 is 6.04 Å². The number of hydrogen-bond acceptors (Lipinski definition) is 6. The van der Waals surface area contributed by atoms with Gasteiger partial charge in [-0.05, 0) is 17.5 Å². The molecule has 0 aliphatic rings. The van der Waals surface area contributed by atoms with Gasteiger partial charge in [0, 0.05) is 17.4 Å². The first-order valence-corrected chi connectivity index (χ1v) is 8.30. The molecule has 0 fully saturated rings. The number of aryl methyl sites for hydroxylation is 1. The van der Waals surface area contributed by atoms with Crippen molar-refractivity contribution in [1.82, 2.24) is 15.5 Å². The van der Waals surface area contributed by atoms with Crippen LogP contribution in [-0.2, 0) is 11.2 Å². The molecule has 0 saturated carbocycles. The molecule has 1 N–H and O–H groups in total. The summed E-state index contributed by atoms with van der Waals surface area (Å²) in [5.41, 5.74) is 0.778. The minimum Gasteiger partial charge on any atom is -0.496 e. The molecule has 0 spiro atoms. The van der Waals surface area contributed by atoms with Gasteiger partial charge in [-0.2, -0.15) is 4.98 Å². The van der Waals surface area contributed by atoms with Crippen LogP contribution in [0.4, 0.5) is 0 Å². The van der Waals surface area contributed by atoms with Gasteiger partial charge in [-0.25, -0.2) is 0 Å². The Morgan fingerprint density at radius 1 is 1.33 bits per heavy atom. The van der Waals surface area contributed by atoms with Gasteiger partial charge in [-0.3, -0.25) is 4.79 Å². The van der Waals surface area contributed by atoms with Gasteiger partial charge in [0.15, 0.2) is 5.82 Å². The Bertz CT molecular complexity index is 814. The third-order valence-corrected chi connectivity index (χ3v) is 4.35. The highest BCUT2D eigenvalue weighted by atomic mass is 32.1. The largest absolute Gasteiger partial charge is 0.496 e. The van der Waals surface area contributed by atoms with Gasteiger partial charge in [0.05, 0.1) is 13.5 Å². The number of carbonyl (C=O) groups excluding carboxylic acids is 1. The summed E-state index contributed by atoms with van der Waals surface area (Å²) in [6.45, 7) is 1.71. The molecule has 1 amide bonds.